The van der Waals surface area contributed by atoms with Crippen LogP contribution in [0.1, 0.15) is 5.56 Å². The molecule has 0 aromatic heterocycles. The molecule has 0 fully saturated rings. The zero-order chi connectivity index (χ0) is 14.8. The minimum atomic E-state index is -3.94. The van der Waals surface area contributed by atoms with Crippen molar-refractivity contribution in [3.63, 3.8) is 0 Å². The van der Waals surface area contributed by atoms with Gasteiger partial charge in [-0.3, -0.25) is 5.41 Å². The van der Waals surface area contributed by atoms with E-state index >= 15 is 0 Å². The van der Waals surface area contributed by atoms with E-state index in [0.717, 1.165) is 12.5 Å². The van der Waals surface area contributed by atoms with Gasteiger partial charge in [-0.05, 0) is 12.1 Å². The summed E-state index contributed by atoms with van der Waals surface area (Å²) in [5.41, 5.74) is 5.18. The number of amidine groups is 1. The molecule has 0 bridgehead atoms. The summed E-state index contributed by atoms with van der Waals surface area (Å²) in [4.78, 5) is 0. The van der Waals surface area contributed by atoms with Crippen molar-refractivity contribution >= 4 is 26.1 Å². The van der Waals surface area contributed by atoms with Gasteiger partial charge < -0.3 is 14.1 Å². The van der Waals surface area contributed by atoms with E-state index in [1.54, 1.807) is 0 Å². The Balaban J connectivity index is 3.46. The predicted octanol–water partition coefficient (Wildman–Crippen LogP) is -0.353. The van der Waals surface area contributed by atoms with E-state index in [1.807, 2.05) is 0 Å². The van der Waals surface area contributed by atoms with E-state index < -0.39 is 31.8 Å². The van der Waals surface area contributed by atoms with E-state index in [0.29, 0.717) is 0 Å². The van der Waals surface area contributed by atoms with Crippen LogP contribution in [0.25, 0.3) is 0 Å². The molecule has 0 amide bonds. The molecule has 19 heavy (non-hydrogen) atoms. The molecule has 0 aliphatic rings. The molecule has 0 heterocycles. The second-order valence-electron chi connectivity index (χ2n) is 3.62. The fraction of sp³-hybridized carbons (Fsp3) is 0.222. The zero-order valence-corrected chi connectivity index (χ0v) is 11.7. The summed E-state index contributed by atoms with van der Waals surface area (Å²) in [6.45, 7) is 0. The lowest BCUT2D eigenvalue weighted by Crippen LogP contribution is -2.17. The van der Waals surface area contributed by atoms with Crippen molar-refractivity contribution in [1.82, 2.24) is 0 Å². The number of hydrogen-bond acceptors (Lipinski definition) is 7. The first-order valence-electron chi connectivity index (χ1n) is 4.76. The lowest BCUT2D eigenvalue weighted by atomic mass is 10.2. The van der Waals surface area contributed by atoms with Crippen LogP contribution in [0.2, 0.25) is 0 Å². The minimum Gasteiger partial charge on any atom is -0.384 e. The van der Waals surface area contributed by atoms with Gasteiger partial charge in [0, 0.05) is 0 Å². The van der Waals surface area contributed by atoms with Gasteiger partial charge in [0.15, 0.2) is 11.5 Å². The van der Waals surface area contributed by atoms with Gasteiger partial charge in [0.2, 0.25) is 0 Å². The smallest absolute Gasteiger partial charge is 0.306 e. The van der Waals surface area contributed by atoms with Crippen LogP contribution in [0, 0.1) is 5.41 Å². The van der Waals surface area contributed by atoms with Crippen LogP contribution in [-0.4, -0.2) is 35.2 Å². The maximum Gasteiger partial charge on any atom is 0.306 e. The molecule has 10 heteroatoms. The molecule has 106 valence electrons. The highest BCUT2D eigenvalue weighted by atomic mass is 32.2. The van der Waals surface area contributed by atoms with Crippen LogP contribution in [0.4, 0.5) is 0 Å². The fourth-order valence-corrected chi connectivity index (χ4v) is 2.13. The number of hydrogen-bond donors (Lipinski definition) is 2. The van der Waals surface area contributed by atoms with Crippen LogP contribution in [0.15, 0.2) is 18.2 Å². The summed E-state index contributed by atoms with van der Waals surface area (Å²) in [5.74, 6) is -1.29. The van der Waals surface area contributed by atoms with E-state index in [2.05, 4.69) is 8.37 Å². The van der Waals surface area contributed by atoms with Gasteiger partial charge in [0.1, 0.15) is 5.84 Å². The Morgan fingerprint density at radius 2 is 1.63 bits per heavy atom. The van der Waals surface area contributed by atoms with Gasteiger partial charge in [-0.1, -0.05) is 6.07 Å². The normalized spacial score (nSPS) is 11.9. The maximum atomic E-state index is 11.2. The van der Waals surface area contributed by atoms with Gasteiger partial charge in [-0.15, -0.1) is 0 Å². The lowest BCUT2D eigenvalue weighted by Gasteiger charge is -2.12. The first-order chi connectivity index (χ1) is 8.49. The number of benzene rings is 1. The first-order valence-corrected chi connectivity index (χ1v) is 8.39. The average molecular weight is 308 g/mol. The van der Waals surface area contributed by atoms with E-state index in [1.165, 1.54) is 18.2 Å². The molecule has 0 atom stereocenters. The van der Waals surface area contributed by atoms with Gasteiger partial charge in [0.05, 0.1) is 18.1 Å². The van der Waals surface area contributed by atoms with Crippen molar-refractivity contribution in [3.05, 3.63) is 23.8 Å². The Kier molecular flexibility index (Phi) is 4.06. The Labute approximate surface area is 110 Å². The van der Waals surface area contributed by atoms with Crippen molar-refractivity contribution in [2.45, 2.75) is 0 Å². The largest absolute Gasteiger partial charge is 0.384 e. The van der Waals surface area contributed by atoms with Crippen molar-refractivity contribution in [2.75, 3.05) is 12.5 Å². The lowest BCUT2D eigenvalue weighted by molar-refractivity contribution is 0.455. The summed E-state index contributed by atoms with van der Waals surface area (Å²) in [6, 6.07) is 3.85. The molecule has 0 radical (unpaired) electrons. The molecule has 0 spiro atoms. The van der Waals surface area contributed by atoms with Crippen molar-refractivity contribution < 1.29 is 25.2 Å². The van der Waals surface area contributed by atoms with Gasteiger partial charge >= 0.3 is 20.2 Å². The Hall–Kier alpha value is -1.81. The molecule has 3 N–H and O–H groups in total. The maximum absolute atomic E-state index is 11.2. The highest BCUT2D eigenvalue weighted by Gasteiger charge is 2.20. The van der Waals surface area contributed by atoms with Crippen LogP contribution in [0.3, 0.4) is 0 Å². The molecule has 1 rings (SSSR count). The summed E-state index contributed by atoms with van der Waals surface area (Å²) < 4.78 is 53.7. The van der Waals surface area contributed by atoms with E-state index in [4.69, 9.17) is 11.1 Å². The third kappa shape index (κ3) is 4.75. The summed E-state index contributed by atoms with van der Waals surface area (Å²) in [7, 11) is -7.82. The van der Waals surface area contributed by atoms with E-state index in [9.17, 15) is 16.8 Å². The molecule has 1 aromatic rings. The number of nitrogen functional groups attached to an aromatic ring is 1. The van der Waals surface area contributed by atoms with Crippen molar-refractivity contribution in [3.8, 4) is 11.5 Å². The van der Waals surface area contributed by atoms with Crippen molar-refractivity contribution in [2.24, 2.45) is 5.73 Å². The number of para-hydroxylation sites is 1. The summed E-state index contributed by atoms with van der Waals surface area (Å²) in [5, 5.41) is 7.31. The Bertz CT molecular complexity index is 708. The molecule has 0 unspecified atom stereocenters. The zero-order valence-electron chi connectivity index (χ0n) is 10.1. The summed E-state index contributed by atoms with van der Waals surface area (Å²) in [6.07, 6.45) is 1.56. The number of rotatable bonds is 5. The average Bonchev–Trinajstić information content (AvgIpc) is 2.15. The van der Waals surface area contributed by atoms with Gasteiger partial charge in [-0.25, -0.2) is 0 Å². The second kappa shape index (κ2) is 5.05. The second-order valence-corrected chi connectivity index (χ2v) is 6.77. The fourth-order valence-electron chi connectivity index (χ4n) is 1.19. The summed E-state index contributed by atoms with van der Waals surface area (Å²) >= 11 is 0. The highest BCUT2D eigenvalue weighted by Crippen LogP contribution is 2.33. The van der Waals surface area contributed by atoms with Crippen LogP contribution < -0.4 is 14.1 Å². The Morgan fingerprint density at radius 3 is 2.05 bits per heavy atom. The molecule has 0 aliphatic carbocycles. The van der Waals surface area contributed by atoms with Crippen LogP contribution in [0.5, 0.6) is 11.5 Å². The Morgan fingerprint density at radius 1 is 1.11 bits per heavy atom. The van der Waals surface area contributed by atoms with E-state index in [-0.39, 0.29) is 11.3 Å². The molecule has 0 saturated carbocycles. The SMILES string of the molecule is CS(=O)(=O)Oc1cccc(C(=N)N)c1OS(C)(=O)=O. The minimum absolute atomic E-state index is 0.0911. The number of nitrogens with two attached hydrogens (primary N) is 1. The van der Waals surface area contributed by atoms with Crippen LogP contribution in [-0.2, 0) is 20.2 Å². The van der Waals surface area contributed by atoms with Gasteiger partial charge in [-0.2, -0.15) is 16.8 Å². The monoisotopic (exact) mass is 308 g/mol. The predicted molar refractivity (Wildman–Crippen MR) is 68.4 cm³/mol. The molecule has 0 saturated heterocycles. The third-order valence-corrected chi connectivity index (χ3v) is 2.70. The topological polar surface area (TPSA) is 137 Å². The molecule has 0 aliphatic heterocycles. The quantitative estimate of drug-likeness (QED) is 0.431. The number of nitrogens with one attached hydrogen (secondary N) is 1. The molecular formula is C9H12N2O6S2. The highest BCUT2D eigenvalue weighted by molar-refractivity contribution is 7.86. The van der Waals surface area contributed by atoms with Crippen LogP contribution >= 0.6 is 0 Å². The molecule has 8 nitrogen and oxygen atoms in total. The first kappa shape index (κ1) is 15.2. The molecule has 1 aromatic carbocycles. The third-order valence-electron chi connectivity index (χ3n) is 1.74. The standard InChI is InChI=1S/C9H12N2O6S2/c1-18(12,13)16-7-5-3-4-6(9(10)11)8(7)17-19(2,14)15/h3-5H,1-2H3,(H3,10,11). The van der Waals surface area contributed by atoms with Crippen molar-refractivity contribution in [1.29, 1.82) is 5.41 Å². The molecular weight excluding hydrogens is 296 g/mol. The van der Waals surface area contributed by atoms with Gasteiger partial charge in [0.25, 0.3) is 0 Å².